The van der Waals surface area contributed by atoms with Gasteiger partial charge in [0.15, 0.2) is 6.61 Å². The number of fused-ring (bicyclic) bond motifs is 3. The molecule has 7 nitrogen and oxygen atoms in total. The van der Waals surface area contributed by atoms with Gasteiger partial charge in [0, 0.05) is 22.9 Å². The molecule has 0 bridgehead atoms. The molecule has 29 heavy (non-hydrogen) atoms. The molecule has 2 aromatic rings. The van der Waals surface area contributed by atoms with Crippen molar-refractivity contribution in [2.24, 2.45) is 5.16 Å². The number of carbonyl (C=O) groups excluding carboxylic acids is 1. The zero-order chi connectivity index (χ0) is 20.4. The lowest BCUT2D eigenvalue weighted by Gasteiger charge is -2.18. The van der Waals surface area contributed by atoms with Crippen LogP contribution in [0.15, 0.2) is 26.5 Å². The van der Waals surface area contributed by atoms with Crippen molar-refractivity contribution in [1.82, 2.24) is 5.32 Å². The van der Waals surface area contributed by atoms with Crippen LogP contribution in [0.1, 0.15) is 49.3 Å². The lowest BCUT2D eigenvalue weighted by atomic mass is 9.90. The van der Waals surface area contributed by atoms with Crippen LogP contribution in [-0.4, -0.2) is 30.9 Å². The second kappa shape index (κ2) is 8.27. The van der Waals surface area contributed by atoms with Gasteiger partial charge in [0.1, 0.15) is 17.4 Å². The average Bonchev–Trinajstić information content (AvgIpc) is 3.21. The van der Waals surface area contributed by atoms with Crippen LogP contribution in [0, 0.1) is 6.92 Å². The number of oxime groups is 1. The molecule has 1 atom stereocenters. The summed E-state index contributed by atoms with van der Waals surface area (Å²) >= 11 is 0. The first kappa shape index (κ1) is 19.5. The Bertz CT molecular complexity index is 1020. The minimum absolute atomic E-state index is 0.114. The van der Waals surface area contributed by atoms with E-state index in [2.05, 4.69) is 10.5 Å². The van der Waals surface area contributed by atoms with Gasteiger partial charge in [-0.2, -0.15) is 0 Å². The molecule has 1 aliphatic heterocycles. The van der Waals surface area contributed by atoms with E-state index in [0.717, 1.165) is 66.3 Å². The van der Waals surface area contributed by atoms with Crippen LogP contribution < -0.4 is 15.7 Å². The summed E-state index contributed by atoms with van der Waals surface area (Å²) in [5.74, 6) is 0.310. The molecule has 154 valence electrons. The molecule has 0 spiro atoms. The fraction of sp³-hybridized carbons (Fsp3) is 0.500. The smallest absolute Gasteiger partial charge is 0.339 e. The summed E-state index contributed by atoms with van der Waals surface area (Å²) in [5.41, 5.74) is 3.95. The quantitative estimate of drug-likeness (QED) is 0.756. The van der Waals surface area contributed by atoms with Crippen molar-refractivity contribution in [3.05, 3.63) is 39.2 Å². The number of nitrogens with one attached hydrogen (secondary N) is 1. The molecule has 1 aromatic heterocycles. The summed E-state index contributed by atoms with van der Waals surface area (Å²) in [4.78, 5) is 29.8. The minimum atomic E-state index is -0.254. The van der Waals surface area contributed by atoms with Crippen LogP contribution in [0.2, 0.25) is 0 Å². The second-order valence-electron chi connectivity index (χ2n) is 7.65. The second-order valence-corrected chi connectivity index (χ2v) is 7.65. The van der Waals surface area contributed by atoms with Gasteiger partial charge in [-0.1, -0.05) is 12.1 Å². The SMILES string of the molecule is CCC1=NOC(CNC(=O)COc2ccc3c4c(c(=O)oc3c2C)CCCC4)C1. The summed E-state index contributed by atoms with van der Waals surface area (Å²) in [7, 11) is 0. The topological polar surface area (TPSA) is 90.1 Å². The molecule has 0 saturated carbocycles. The Balaban J connectivity index is 1.41. The van der Waals surface area contributed by atoms with Crippen molar-refractivity contribution < 1.29 is 18.8 Å². The molecular formula is C22H26N2O5. The van der Waals surface area contributed by atoms with E-state index < -0.39 is 0 Å². The van der Waals surface area contributed by atoms with Crippen LogP contribution in [0.3, 0.4) is 0 Å². The maximum Gasteiger partial charge on any atom is 0.339 e. The van der Waals surface area contributed by atoms with E-state index in [1.54, 1.807) is 0 Å². The number of carbonyl (C=O) groups is 1. The molecule has 2 aliphatic rings. The Morgan fingerprint density at radius 2 is 2.07 bits per heavy atom. The lowest BCUT2D eigenvalue weighted by Crippen LogP contribution is -2.35. The Morgan fingerprint density at radius 1 is 1.28 bits per heavy atom. The number of ether oxygens (including phenoxy) is 1. The standard InChI is InChI=1S/C22H26N2O5/c1-3-14-10-15(29-24-14)11-23-20(25)12-27-19-9-8-17-16-6-4-5-7-18(16)22(26)28-21(17)13(19)2/h8-9,15H,3-7,10-12H2,1-2H3,(H,23,25). The zero-order valence-electron chi connectivity index (χ0n) is 16.9. The van der Waals surface area contributed by atoms with Gasteiger partial charge < -0.3 is 19.3 Å². The Kier molecular flexibility index (Phi) is 5.56. The third-order valence-corrected chi connectivity index (χ3v) is 5.68. The van der Waals surface area contributed by atoms with Crippen molar-refractivity contribution in [2.45, 2.75) is 58.5 Å². The highest BCUT2D eigenvalue weighted by atomic mass is 16.6. The zero-order valence-corrected chi connectivity index (χ0v) is 16.9. The van der Waals surface area contributed by atoms with Gasteiger partial charge >= 0.3 is 5.63 Å². The molecule has 1 N–H and O–H groups in total. The molecule has 1 amide bonds. The van der Waals surface area contributed by atoms with E-state index in [9.17, 15) is 9.59 Å². The van der Waals surface area contributed by atoms with Crippen molar-refractivity contribution in [3.63, 3.8) is 0 Å². The van der Waals surface area contributed by atoms with Crippen molar-refractivity contribution in [3.8, 4) is 5.75 Å². The van der Waals surface area contributed by atoms with E-state index in [-0.39, 0.29) is 24.2 Å². The summed E-state index contributed by atoms with van der Waals surface area (Å²) in [5, 5.41) is 7.76. The third kappa shape index (κ3) is 3.99. The number of hydrogen-bond donors (Lipinski definition) is 1. The maximum atomic E-state index is 12.4. The number of rotatable bonds is 6. The lowest BCUT2D eigenvalue weighted by molar-refractivity contribution is -0.123. The predicted molar refractivity (Wildman–Crippen MR) is 110 cm³/mol. The first-order valence-corrected chi connectivity index (χ1v) is 10.3. The first-order chi connectivity index (χ1) is 14.1. The molecular weight excluding hydrogens is 372 g/mol. The van der Waals surface area contributed by atoms with Crippen LogP contribution >= 0.6 is 0 Å². The van der Waals surface area contributed by atoms with E-state index in [1.807, 2.05) is 26.0 Å². The molecule has 0 saturated heterocycles. The largest absolute Gasteiger partial charge is 0.483 e. The highest BCUT2D eigenvalue weighted by Crippen LogP contribution is 2.32. The summed E-state index contributed by atoms with van der Waals surface area (Å²) in [6.45, 7) is 4.16. The normalized spacial score (nSPS) is 18.1. The highest BCUT2D eigenvalue weighted by molar-refractivity contribution is 5.86. The Morgan fingerprint density at radius 3 is 2.83 bits per heavy atom. The summed E-state index contributed by atoms with van der Waals surface area (Å²) < 4.78 is 11.3. The van der Waals surface area contributed by atoms with Crippen LogP contribution in [0.25, 0.3) is 11.0 Å². The van der Waals surface area contributed by atoms with Gasteiger partial charge in [-0.15, -0.1) is 0 Å². The number of amides is 1. The molecule has 2 heterocycles. The average molecular weight is 398 g/mol. The monoisotopic (exact) mass is 398 g/mol. The molecule has 0 radical (unpaired) electrons. The maximum absolute atomic E-state index is 12.4. The Hall–Kier alpha value is -2.83. The predicted octanol–water partition coefficient (Wildman–Crippen LogP) is 3.03. The Labute approximate surface area is 169 Å². The summed E-state index contributed by atoms with van der Waals surface area (Å²) in [6, 6.07) is 3.78. The van der Waals surface area contributed by atoms with Gasteiger partial charge in [0.2, 0.25) is 0 Å². The van der Waals surface area contributed by atoms with Gasteiger partial charge in [-0.3, -0.25) is 4.79 Å². The first-order valence-electron chi connectivity index (χ1n) is 10.3. The molecule has 1 unspecified atom stereocenters. The molecule has 4 rings (SSSR count). The van der Waals surface area contributed by atoms with E-state index in [1.165, 1.54) is 0 Å². The van der Waals surface area contributed by atoms with Crippen molar-refractivity contribution in [1.29, 1.82) is 0 Å². The van der Waals surface area contributed by atoms with Crippen molar-refractivity contribution >= 4 is 22.6 Å². The van der Waals surface area contributed by atoms with Gasteiger partial charge in [-0.25, -0.2) is 4.79 Å². The highest BCUT2D eigenvalue weighted by Gasteiger charge is 2.22. The van der Waals surface area contributed by atoms with Crippen LogP contribution in [0.4, 0.5) is 0 Å². The third-order valence-electron chi connectivity index (χ3n) is 5.68. The molecule has 7 heteroatoms. The molecule has 1 aromatic carbocycles. The number of hydrogen-bond acceptors (Lipinski definition) is 6. The van der Waals surface area contributed by atoms with Crippen LogP contribution in [0.5, 0.6) is 5.75 Å². The van der Waals surface area contributed by atoms with E-state index in [4.69, 9.17) is 14.0 Å². The summed E-state index contributed by atoms with van der Waals surface area (Å²) in [6.07, 6.45) is 5.26. The van der Waals surface area contributed by atoms with Gasteiger partial charge in [-0.05, 0) is 56.7 Å². The molecule has 1 aliphatic carbocycles. The van der Waals surface area contributed by atoms with Crippen LogP contribution in [-0.2, 0) is 22.5 Å². The fourth-order valence-electron chi connectivity index (χ4n) is 4.01. The van der Waals surface area contributed by atoms with Gasteiger partial charge in [0.25, 0.3) is 5.91 Å². The minimum Gasteiger partial charge on any atom is -0.483 e. The molecule has 0 fully saturated rings. The fourth-order valence-corrected chi connectivity index (χ4v) is 4.01. The number of aryl methyl sites for hydroxylation is 2. The van der Waals surface area contributed by atoms with E-state index >= 15 is 0 Å². The van der Waals surface area contributed by atoms with E-state index in [0.29, 0.717) is 17.9 Å². The van der Waals surface area contributed by atoms with Gasteiger partial charge in [0.05, 0.1) is 12.3 Å². The number of nitrogens with zero attached hydrogens (tertiary/aromatic N) is 1. The van der Waals surface area contributed by atoms with Crippen molar-refractivity contribution in [2.75, 3.05) is 13.2 Å². The number of benzene rings is 1.